The van der Waals surface area contributed by atoms with Crippen LogP contribution < -0.4 is 10.0 Å². The molecule has 0 bridgehead atoms. The maximum absolute atomic E-state index is 12.8. The van der Waals surface area contributed by atoms with Crippen molar-refractivity contribution in [1.82, 2.24) is 14.8 Å². The third kappa shape index (κ3) is 4.98. The summed E-state index contributed by atoms with van der Waals surface area (Å²) in [6, 6.07) is 14.1. The van der Waals surface area contributed by atoms with Gasteiger partial charge in [-0.25, -0.2) is 18.5 Å². The van der Waals surface area contributed by atoms with Crippen LogP contribution in [0.25, 0.3) is 11.1 Å². The highest BCUT2D eigenvalue weighted by Crippen LogP contribution is 2.29. The van der Waals surface area contributed by atoms with E-state index in [0.29, 0.717) is 31.1 Å². The summed E-state index contributed by atoms with van der Waals surface area (Å²) in [5.74, 6) is 0.0405. The van der Waals surface area contributed by atoms with Gasteiger partial charge in [-0.15, -0.1) is 11.3 Å². The molecule has 0 saturated carbocycles. The molecule has 2 fully saturated rings. The summed E-state index contributed by atoms with van der Waals surface area (Å²) in [6.45, 7) is 3.29. The summed E-state index contributed by atoms with van der Waals surface area (Å²) in [7, 11) is -3.78. The molecular weight excluding hydrogens is 486 g/mol. The Kier molecular flexibility index (Phi) is 6.41. The van der Waals surface area contributed by atoms with Gasteiger partial charge in [-0.3, -0.25) is 14.5 Å². The molecule has 3 aromatic rings. The van der Waals surface area contributed by atoms with E-state index in [1.807, 2.05) is 35.2 Å². The zero-order valence-corrected chi connectivity index (χ0v) is 20.5. The van der Waals surface area contributed by atoms with Gasteiger partial charge in [-0.05, 0) is 35.4 Å². The summed E-state index contributed by atoms with van der Waals surface area (Å²) in [5.41, 5.74) is 2.38. The molecule has 11 heteroatoms. The van der Waals surface area contributed by atoms with E-state index in [0.717, 1.165) is 29.9 Å². The first-order valence-corrected chi connectivity index (χ1v) is 13.7. The third-order valence-electron chi connectivity index (χ3n) is 6.51. The zero-order valence-electron chi connectivity index (χ0n) is 18.9. The molecule has 1 atom stereocenters. The number of hydrogen-bond donors (Lipinski definition) is 1. The number of carbonyl (C=O) groups excluding carboxylic acids is 2. The van der Waals surface area contributed by atoms with E-state index in [2.05, 4.69) is 9.88 Å². The molecule has 35 heavy (non-hydrogen) atoms. The average molecular weight is 512 g/mol. The Morgan fingerprint density at radius 3 is 2.43 bits per heavy atom. The van der Waals surface area contributed by atoms with E-state index in [1.54, 1.807) is 28.6 Å². The molecule has 2 N–H and O–H groups in total. The number of rotatable bonds is 5. The number of primary sulfonamides is 1. The Hall–Kier alpha value is -3.12. The minimum atomic E-state index is -3.78. The summed E-state index contributed by atoms with van der Waals surface area (Å²) in [6.07, 6.45) is 2.08. The van der Waals surface area contributed by atoms with Crippen LogP contribution in [0.5, 0.6) is 0 Å². The molecule has 2 saturated heterocycles. The second kappa shape index (κ2) is 9.50. The molecule has 0 aliphatic carbocycles. The van der Waals surface area contributed by atoms with Gasteiger partial charge in [0.1, 0.15) is 0 Å². The number of piperazine rings is 1. The standard InChI is InChI=1S/C24H25N5O4S2/c25-35(32,33)21-3-1-2-18(14-21)17-4-6-19(7-5-17)29-16-20(15-22(29)30)27-9-11-28(12-10-27)24(31)23-26-8-13-34-23/h1-8,13-14,20H,9-12,15-16H2,(H2,25,32,33). The zero-order chi connectivity index (χ0) is 24.6. The fourth-order valence-electron chi connectivity index (χ4n) is 4.62. The molecule has 5 rings (SSSR count). The first kappa shape index (κ1) is 23.6. The van der Waals surface area contributed by atoms with E-state index < -0.39 is 10.0 Å². The number of carbonyl (C=O) groups is 2. The Morgan fingerprint density at radius 2 is 1.77 bits per heavy atom. The molecule has 1 aromatic heterocycles. The van der Waals surface area contributed by atoms with Gasteiger partial charge in [-0.2, -0.15) is 0 Å². The van der Waals surface area contributed by atoms with Crippen molar-refractivity contribution in [3.8, 4) is 11.1 Å². The molecule has 0 spiro atoms. The van der Waals surface area contributed by atoms with E-state index in [1.165, 1.54) is 17.4 Å². The Morgan fingerprint density at radius 1 is 1.03 bits per heavy atom. The normalized spacial score (nSPS) is 19.3. The van der Waals surface area contributed by atoms with Gasteiger partial charge in [0.05, 0.1) is 4.90 Å². The van der Waals surface area contributed by atoms with Crippen LogP contribution in [-0.2, 0) is 14.8 Å². The van der Waals surface area contributed by atoms with Crippen molar-refractivity contribution in [3.63, 3.8) is 0 Å². The number of thiazole rings is 1. The Bertz CT molecular complexity index is 1330. The first-order chi connectivity index (χ1) is 16.8. The van der Waals surface area contributed by atoms with Gasteiger partial charge in [0.2, 0.25) is 15.9 Å². The number of sulfonamides is 1. The number of aromatic nitrogens is 1. The van der Waals surface area contributed by atoms with Crippen molar-refractivity contribution >= 4 is 38.9 Å². The number of amides is 2. The molecule has 2 aromatic carbocycles. The number of nitrogens with zero attached hydrogens (tertiary/aromatic N) is 4. The van der Waals surface area contributed by atoms with E-state index in [4.69, 9.17) is 5.14 Å². The predicted molar refractivity (Wildman–Crippen MR) is 134 cm³/mol. The minimum Gasteiger partial charge on any atom is -0.334 e. The van der Waals surface area contributed by atoms with E-state index in [-0.39, 0.29) is 22.8 Å². The second-order valence-electron chi connectivity index (χ2n) is 8.65. The van der Waals surface area contributed by atoms with Crippen LogP contribution >= 0.6 is 11.3 Å². The van der Waals surface area contributed by atoms with Crippen LogP contribution in [0.2, 0.25) is 0 Å². The van der Waals surface area contributed by atoms with Crippen molar-refractivity contribution in [2.24, 2.45) is 5.14 Å². The quantitative estimate of drug-likeness (QED) is 0.560. The van der Waals surface area contributed by atoms with Crippen molar-refractivity contribution in [2.45, 2.75) is 17.4 Å². The summed E-state index contributed by atoms with van der Waals surface area (Å²) in [5, 5.41) is 7.56. The van der Waals surface area contributed by atoms with E-state index in [9.17, 15) is 18.0 Å². The Balaban J connectivity index is 1.22. The lowest BCUT2D eigenvalue weighted by molar-refractivity contribution is -0.117. The highest BCUT2D eigenvalue weighted by molar-refractivity contribution is 7.89. The smallest absolute Gasteiger partial charge is 0.282 e. The fourth-order valence-corrected chi connectivity index (χ4v) is 5.79. The lowest BCUT2D eigenvalue weighted by Crippen LogP contribution is -2.52. The molecular formula is C24H25N5O4S2. The molecule has 0 radical (unpaired) electrons. The van der Waals surface area contributed by atoms with Gasteiger partial charge >= 0.3 is 0 Å². The highest BCUT2D eigenvalue weighted by Gasteiger charge is 2.36. The number of nitrogens with two attached hydrogens (primary N) is 1. The monoisotopic (exact) mass is 511 g/mol. The van der Waals surface area contributed by atoms with Crippen LogP contribution in [0.1, 0.15) is 16.2 Å². The SMILES string of the molecule is NS(=O)(=O)c1cccc(-c2ccc(N3CC(N4CCN(C(=O)c5nccs5)CC4)CC3=O)cc2)c1. The maximum atomic E-state index is 12.8. The van der Waals surface area contributed by atoms with Gasteiger partial charge in [0, 0.05) is 62.5 Å². The largest absolute Gasteiger partial charge is 0.334 e. The average Bonchev–Trinajstić information content (AvgIpc) is 3.54. The van der Waals surface area contributed by atoms with Crippen molar-refractivity contribution in [1.29, 1.82) is 0 Å². The molecule has 2 aliphatic rings. The summed E-state index contributed by atoms with van der Waals surface area (Å²) < 4.78 is 23.3. The van der Waals surface area contributed by atoms with Gasteiger partial charge in [0.15, 0.2) is 5.01 Å². The third-order valence-corrected chi connectivity index (χ3v) is 8.18. The molecule has 182 valence electrons. The van der Waals surface area contributed by atoms with Crippen molar-refractivity contribution in [3.05, 3.63) is 65.1 Å². The van der Waals surface area contributed by atoms with Gasteiger partial charge < -0.3 is 9.80 Å². The summed E-state index contributed by atoms with van der Waals surface area (Å²) >= 11 is 1.35. The number of anilines is 1. The Labute approximate surface area is 207 Å². The lowest BCUT2D eigenvalue weighted by atomic mass is 10.1. The second-order valence-corrected chi connectivity index (χ2v) is 11.1. The predicted octanol–water partition coefficient (Wildman–Crippen LogP) is 2.02. The molecule has 1 unspecified atom stereocenters. The van der Waals surface area contributed by atoms with Crippen LogP contribution in [0.4, 0.5) is 5.69 Å². The van der Waals surface area contributed by atoms with Gasteiger partial charge in [-0.1, -0.05) is 24.3 Å². The van der Waals surface area contributed by atoms with Crippen LogP contribution in [0.15, 0.2) is 65.0 Å². The van der Waals surface area contributed by atoms with Crippen LogP contribution in [-0.4, -0.2) is 73.8 Å². The van der Waals surface area contributed by atoms with Gasteiger partial charge in [0.25, 0.3) is 5.91 Å². The van der Waals surface area contributed by atoms with Crippen LogP contribution in [0.3, 0.4) is 0 Å². The first-order valence-electron chi connectivity index (χ1n) is 11.3. The molecule has 2 aliphatic heterocycles. The lowest BCUT2D eigenvalue weighted by Gasteiger charge is -2.37. The van der Waals surface area contributed by atoms with Crippen molar-refractivity contribution < 1.29 is 18.0 Å². The minimum absolute atomic E-state index is 0.0292. The number of hydrogen-bond acceptors (Lipinski definition) is 7. The molecule has 3 heterocycles. The summed E-state index contributed by atoms with van der Waals surface area (Å²) in [4.78, 5) is 35.4. The fraction of sp³-hybridized carbons (Fsp3) is 0.292. The van der Waals surface area contributed by atoms with E-state index >= 15 is 0 Å². The maximum Gasteiger partial charge on any atom is 0.282 e. The number of benzene rings is 2. The molecule has 2 amide bonds. The van der Waals surface area contributed by atoms with Crippen molar-refractivity contribution in [2.75, 3.05) is 37.6 Å². The topological polar surface area (TPSA) is 117 Å². The molecule has 9 nitrogen and oxygen atoms in total. The van der Waals surface area contributed by atoms with Crippen LogP contribution in [0, 0.1) is 0 Å². The highest BCUT2D eigenvalue weighted by atomic mass is 32.2.